The summed E-state index contributed by atoms with van der Waals surface area (Å²) in [4.78, 5) is 14.1. The van der Waals surface area contributed by atoms with Gasteiger partial charge in [0.25, 0.3) is 0 Å². The first-order valence-corrected chi connectivity index (χ1v) is 9.06. The van der Waals surface area contributed by atoms with E-state index >= 15 is 0 Å². The summed E-state index contributed by atoms with van der Waals surface area (Å²) < 4.78 is 24.2. The van der Waals surface area contributed by atoms with Crippen LogP contribution in [-0.4, -0.2) is 31.1 Å². The Kier molecular flexibility index (Phi) is 7.41. The fraction of sp³-hybridized carbons (Fsp3) is 0.318. The average Bonchev–Trinajstić information content (AvgIpc) is 2.67. The fourth-order valence-electron chi connectivity index (χ4n) is 2.61. The molecular formula is C22H26FNO3. The number of rotatable bonds is 8. The molecule has 0 bridgehead atoms. The number of carbonyl (C=O) groups is 1. The zero-order valence-electron chi connectivity index (χ0n) is 16.2. The van der Waals surface area contributed by atoms with Gasteiger partial charge in [0.05, 0.1) is 19.3 Å². The summed E-state index contributed by atoms with van der Waals surface area (Å²) in [6.45, 7) is 6.82. The third-order valence-electron chi connectivity index (χ3n) is 4.27. The molecule has 0 aromatic heterocycles. The van der Waals surface area contributed by atoms with Crippen molar-refractivity contribution in [1.82, 2.24) is 4.90 Å². The molecule has 2 aromatic rings. The largest absolute Gasteiger partial charge is 0.490 e. The predicted octanol–water partition coefficient (Wildman–Crippen LogP) is 4.86. The van der Waals surface area contributed by atoms with Crippen LogP contribution in [-0.2, 0) is 4.79 Å². The Hall–Kier alpha value is -2.82. The lowest BCUT2D eigenvalue weighted by Crippen LogP contribution is -2.27. The molecule has 27 heavy (non-hydrogen) atoms. The molecule has 144 valence electrons. The van der Waals surface area contributed by atoms with E-state index in [0.29, 0.717) is 24.7 Å². The third-order valence-corrected chi connectivity index (χ3v) is 4.27. The predicted molar refractivity (Wildman–Crippen MR) is 105 cm³/mol. The number of halogens is 1. The highest BCUT2D eigenvalue weighted by Crippen LogP contribution is 2.29. The molecule has 5 heteroatoms. The molecule has 0 radical (unpaired) electrons. The molecule has 0 heterocycles. The first kappa shape index (κ1) is 20.5. The van der Waals surface area contributed by atoms with Crippen molar-refractivity contribution >= 4 is 12.0 Å². The lowest BCUT2D eigenvalue weighted by Gasteiger charge is -2.24. The van der Waals surface area contributed by atoms with Crippen LogP contribution in [0.1, 0.15) is 37.9 Å². The Balaban J connectivity index is 2.10. The van der Waals surface area contributed by atoms with E-state index < -0.39 is 0 Å². The highest BCUT2D eigenvalue weighted by atomic mass is 19.1. The molecule has 0 saturated heterocycles. The molecule has 1 atom stereocenters. The first-order chi connectivity index (χ1) is 13.0. The maximum atomic E-state index is 13.1. The zero-order chi connectivity index (χ0) is 19.8. The number of benzene rings is 2. The summed E-state index contributed by atoms with van der Waals surface area (Å²) in [6.07, 6.45) is 3.26. The van der Waals surface area contributed by atoms with Gasteiger partial charge in [0.2, 0.25) is 5.91 Å². The summed E-state index contributed by atoms with van der Waals surface area (Å²) in [7, 11) is 1.73. The molecule has 2 rings (SSSR count). The van der Waals surface area contributed by atoms with Gasteiger partial charge in [0.1, 0.15) is 5.82 Å². The van der Waals surface area contributed by atoms with Crippen molar-refractivity contribution in [1.29, 1.82) is 0 Å². The van der Waals surface area contributed by atoms with Crippen molar-refractivity contribution in [3.63, 3.8) is 0 Å². The van der Waals surface area contributed by atoms with Gasteiger partial charge in [-0.3, -0.25) is 4.79 Å². The number of likely N-dealkylation sites (N-methyl/N-ethyl adjacent to an activating group) is 1. The van der Waals surface area contributed by atoms with E-state index in [1.807, 2.05) is 39.0 Å². The zero-order valence-corrected chi connectivity index (χ0v) is 16.2. The summed E-state index contributed by atoms with van der Waals surface area (Å²) in [5.74, 6) is 0.908. The van der Waals surface area contributed by atoms with E-state index in [9.17, 15) is 9.18 Å². The maximum Gasteiger partial charge on any atom is 0.246 e. The summed E-state index contributed by atoms with van der Waals surface area (Å²) in [6, 6.07) is 11.6. The van der Waals surface area contributed by atoms with Crippen LogP contribution in [0, 0.1) is 5.82 Å². The van der Waals surface area contributed by atoms with Crippen LogP contribution >= 0.6 is 0 Å². The minimum absolute atomic E-state index is 0.140. The van der Waals surface area contributed by atoms with Crippen LogP contribution in [0.25, 0.3) is 6.08 Å². The second kappa shape index (κ2) is 9.76. The molecule has 0 aliphatic heterocycles. The fourth-order valence-corrected chi connectivity index (χ4v) is 2.61. The van der Waals surface area contributed by atoms with Crippen LogP contribution in [0.5, 0.6) is 11.5 Å². The summed E-state index contributed by atoms with van der Waals surface area (Å²) >= 11 is 0. The van der Waals surface area contributed by atoms with Crippen molar-refractivity contribution in [2.45, 2.75) is 26.8 Å². The van der Waals surface area contributed by atoms with Crippen molar-refractivity contribution in [2.24, 2.45) is 0 Å². The number of nitrogens with zero attached hydrogens (tertiary/aromatic N) is 1. The summed E-state index contributed by atoms with van der Waals surface area (Å²) in [5.41, 5.74) is 1.72. The van der Waals surface area contributed by atoms with Crippen LogP contribution in [0.3, 0.4) is 0 Å². The average molecular weight is 371 g/mol. The van der Waals surface area contributed by atoms with Crippen molar-refractivity contribution in [2.75, 3.05) is 20.3 Å². The van der Waals surface area contributed by atoms with Gasteiger partial charge in [-0.2, -0.15) is 0 Å². The Morgan fingerprint density at radius 1 is 1.07 bits per heavy atom. The second-order valence-corrected chi connectivity index (χ2v) is 6.08. The molecule has 1 unspecified atom stereocenters. The van der Waals surface area contributed by atoms with Crippen molar-refractivity contribution in [3.8, 4) is 11.5 Å². The second-order valence-electron chi connectivity index (χ2n) is 6.08. The van der Waals surface area contributed by atoms with Gasteiger partial charge in [0.15, 0.2) is 11.5 Å². The van der Waals surface area contributed by atoms with Gasteiger partial charge in [-0.25, -0.2) is 4.39 Å². The molecule has 0 aliphatic rings. The highest BCUT2D eigenvalue weighted by molar-refractivity contribution is 5.92. The summed E-state index contributed by atoms with van der Waals surface area (Å²) in [5, 5.41) is 0. The normalized spacial score (nSPS) is 12.0. The van der Waals surface area contributed by atoms with Crippen LogP contribution < -0.4 is 9.47 Å². The Labute approximate surface area is 160 Å². The Bertz CT molecular complexity index is 787. The number of hydrogen-bond acceptors (Lipinski definition) is 3. The SMILES string of the molecule is CCOc1ccc(/C=C/C(=O)N(C)C(C)c2ccc(F)cc2)cc1OCC. The molecule has 0 N–H and O–H groups in total. The molecule has 2 aromatic carbocycles. The monoisotopic (exact) mass is 371 g/mol. The van der Waals surface area contributed by atoms with E-state index in [1.54, 1.807) is 30.2 Å². The first-order valence-electron chi connectivity index (χ1n) is 9.06. The molecular weight excluding hydrogens is 345 g/mol. The minimum atomic E-state index is -0.291. The van der Waals surface area contributed by atoms with Gasteiger partial charge in [-0.05, 0) is 62.2 Å². The van der Waals surface area contributed by atoms with E-state index in [-0.39, 0.29) is 17.8 Å². The van der Waals surface area contributed by atoms with E-state index in [4.69, 9.17) is 9.47 Å². The van der Waals surface area contributed by atoms with Crippen molar-refractivity contribution < 1.29 is 18.7 Å². The molecule has 0 fully saturated rings. The molecule has 0 aliphatic carbocycles. The molecule has 0 saturated carbocycles. The molecule has 0 spiro atoms. The lowest BCUT2D eigenvalue weighted by atomic mass is 10.1. The number of amides is 1. The van der Waals surface area contributed by atoms with Gasteiger partial charge in [-0.15, -0.1) is 0 Å². The Morgan fingerprint density at radius 3 is 2.33 bits per heavy atom. The van der Waals surface area contributed by atoms with Crippen LogP contribution in [0.2, 0.25) is 0 Å². The Morgan fingerprint density at radius 2 is 1.70 bits per heavy atom. The third kappa shape index (κ3) is 5.58. The van der Waals surface area contributed by atoms with Crippen LogP contribution in [0.15, 0.2) is 48.5 Å². The number of carbonyl (C=O) groups excluding carboxylic acids is 1. The van der Waals surface area contributed by atoms with Gasteiger partial charge < -0.3 is 14.4 Å². The molecule has 4 nitrogen and oxygen atoms in total. The van der Waals surface area contributed by atoms with E-state index in [1.165, 1.54) is 18.2 Å². The topological polar surface area (TPSA) is 38.8 Å². The van der Waals surface area contributed by atoms with Gasteiger partial charge in [-0.1, -0.05) is 18.2 Å². The van der Waals surface area contributed by atoms with E-state index in [0.717, 1.165) is 11.1 Å². The lowest BCUT2D eigenvalue weighted by molar-refractivity contribution is -0.126. The minimum Gasteiger partial charge on any atom is -0.490 e. The smallest absolute Gasteiger partial charge is 0.246 e. The number of hydrogen-bond donors (Lipinski definition) is 0. The van der Waals surface area contributed by atoms with Crippen LogP contribution in [0.4, 0.5) is 4.39 Å². The van der Waals surface area contributed by atoms with Crippen molar-refractivity contribution in [3.05, 3.63) is 65.5 Å². The quantitative estimate of drug-likeness (QED) is 0.622. The highest BCUT2D eigenvalue weighted by Gasteiger charge is 2.15. The van der Waals surface area contributed by atoms with E-state index in [2.05, 4.69) is 0 Å². The van der Waals surface area contributed by atoms with Gasteiger partial charge in [0, 0.05) is 13.1 Å². The maximum absolute atomic E-state index is 13.1. The van der Waals surface area contributed by atoms with Gasteiger partial charge >= 0.3 is 0 Å². The number of ether oxygens (including phenoxy) is 2. The standard InChI is InChI=1S/C22H26FNO3/c1-5-26-20-13-7-17(15-21(20)27-6-2)8-14-22(25)24(4)16(3)18-9-11-19(23)12-10-18/h7-16H,5-6H2,1-4H3/b14-8+. The molecule has 1 amide bonds.